The molecule has 2 aromatic rings. The lowest BCUT2D eigenvalue weighted by molar-refractivity contribution is -0.127. The van der Waals surface area contributed by atoms with E-state index in [1.54, 1.807) is 12.2 Å². The highest BCUT2D eigenvalue weighted by Gasteiger charge is 2.21. The molecule has 4 heteroatoms. The van der Waals surface area contributed by atoms with Crippen molar-refractivity contribution in [2.24, 2.45) is 5.92 Å². The number of benzene rings is 2. The minimum atomic E-state index is -0.493. The van der Waals surface area contributed by atoms with Crippen molar-refractivity contribution in [3.8, 4) is 0 Å². The molecule has 4 nitrogen and oxygen atoms in total. The number of likely N-dealkylation sites (tertiary alicyclic amines) is 1. The third-order valence-electron chi connectivity index (χ3n) is 5.24. The summed E-state index contributed by atoms with van der Waals surface area (Å²) >= 11 is 0. The molecular formula is C25H27NO3. The number of ketones is 1. The monoisotopic (exact) mass is 389 g/mol. The minimum Gasteiger partial charge on any atom is -0.388 e. The van der Waals surface area contributed by atoms with E-state index in [4.69, 9.17) is 5.11 Å². The Morgan fingerprint density at radius 3 is 2.24 bits per heavy atom. The first-order valence-electron chi connectivity index (χ1n) is 10.1. The molecule has 0 saturated carbocycles. The smallest absolute Gasteiger partial charge is 0.246 e. The standard InChI is InChI=1S/C25H27NO3/c27-19-24(28)11-9-21-7-4-8-22(18-21)10-12-25(29)26-15-13-23(14-16-26)17-20-5-2-1-3-6-20/h1-12,18,23,27H,13-17,19H2/b11-9+,12-10+. The van der Waals surface area contributed by atoms with Crippen LogP contribution in [0.2, 0.25) is 0 Å². The quantitative estimate of drug-likeness (QED) is 0.734. The third kappa shape index (κ3) is 6.54. The molecule has 0 bridgehead atoms. The largest absolute Gasteiger partial charge is 0.388 e. The fourth-order valence-electron chi connectivity index (χ4n) is 3.59. The van der Waals surface area contributed by atoms with E-state index in [0.29, 0.717) is 5.92 Å². The maximum absolute atomic E-state index is 12.5. The number of rotatable bonds is 7. The normalized spacial score (nSPS) is 15.3. The Labute approximate surface area is 172 Å². The minimum absolute atomic E-state index is 0.0413. The molecule has 0 aliphatic carbocycles. The molecule has 0 atom stereocenters. The molecule has 0 aromatic heterocycles. The second kappa shape index (κ2) is 10.5. The van der Waals surface area contributed by atoms with E-state index in [-0.39, 0.29) is 11.7 Å². The Kier molecular flexibility index (Phi) is 7.54. The lowest BCUT2D eigenvalue weighted by Crippen LogP contribution is -2.37. The van der Waals surface area contributed by atoms with Crippen LogP contribution < -0.4 is 0 Å². The summed E-state index contributed by atoms with van der Waals surface area (Å²) in [7, 11) is 0. The number of piperidine rings is 1. The molecule has 0 radical (unpaired) electrons. The molecule has 150 valence electrons. The number of aliphatic hydroxyl groups is 1. The van der Waals surface area contributed by atoms with Crippen molar-refractivity contribution in [2.75, 3.05) is 19.7 Å². The van der Waals surface area contributed by atoms with Crippen molar-refractivity contribution in [2.45, 2.75) is 19.3 Å². The van der Waals surface area contributed by atoms with E-state index >= 15 is 0 Å². The first kappa shape index (κ1) is 20.7. The molecule has 1 saturated heterocycles. The maximum Gasteiger partial charge on any atom is 0.246 e. The predicted octanol–water partition coefficient (Wildman–Crippen LogP) is 3.76. The van der Waals surface area contributed by atoms with Gasteiger partial charge in [-0.2, -0.15) is 0 Å². The third-order valence-corrected chi connectivity index (χ3v) is 5.24. The zero-order chi connectivity index (χ0) is 20.5. The van der Waals surface area contributed by atoms with Crippen molar-refractivity contribution < 1.29 is 14.7 Å². The van der Waals surface area contributed by atoms with Gasteiger partial charge in [-0.05, 0) is 60.1 Å². The number of nitrogens with zero attached hydrogens (tertiary/aromatic N) is 1. The van der Waals surface area contributed by atoms with E-state index in [0.717, 1.165) is 43.5 Å². The zero-order valence-corrected chi connectivity index (χ0v) is 16.5. The Hall–Kier alpha value is -2.98. The average molecular weight is 389 g/mol. The first-order chi connectivity index (χ1) is 14.1. The van der Waals surface area contributed by atoms with Gasteiger partial charge in [-0.1, -0.05) is 54.6 Å². The van der Waals surface area contributed by atoms with Gasteiger partial charge >= 0.3 is 0 Å². The van der Waals surface area contributed by atoms with Gasteiger partial charge in [-0.15, -0.1) is 0 Å². The van der Waals surface area contributed by atoms with Crippen molar-refractivity contribution in [1.82, 2.24) is 4.90 Å². The van der Waals surface area contributed by atoms with Gasteiger partial charge in [0.25, 0.3) is 0 Å². The Bertz CT molecular complexity index is 878. The van der Waals surface area contributed by atoms with Crippen LogP contribution in [0.1, 0.15) is 29.5 Å². The first-order valence-corrected chi connectivity index (χ1v) is 10.1. The molecule has 1 aliphatic heterocycles. The molecule has 1 heterocycles. The van der Waals surface area contributed by atoms with Crippen LogP contribution in [-0.2, 0) is 16.0 Å². The van der Waals surface area contributed by atoms with Crippen LogP contribution in [0.4, 0.5) is 0 Å². The number of hydrogen-bond donors (Lipinski definition) is 1. The van der Waals surface area contributed by atoms with Gasteiger partial charge in [-0.25, -0.2) is 0 Å². The summed E-state index contributed by atoms with van der Waals surface area (Å²) in [6, 6.07) is 18.1. The van der Waals surface area contributed by atoms with E-state index < -0.39 is 6.61 Å². The highest BCUT2D eigenvalue weighted by Crippen LogP contribution is 2.22. The van der Waals surface area contributed by atoms with E-state index in [9.17, 15) is 9.59 Å². The second-order valence-electron chi connectivity index (χ2n) is 7.42. The number of aliphatic hydroxyl groups excluding tert-OH is 1. The van der Waals surface area contributed by atoms with Crippen LogP contribution in [0, 0.1) is 5.92 Å². The summed E-state index contributed by atoms with van der Waals surface area (Å²) in [4.78, 5) is 25.6. The van der Waals surface area contributed by atoms with Gasteiger partial charge in [0, 0.05) is 19.2 Å². The van der Waals surface area contributed by atoms with E-state index in [1.807, 2.05) is 41.3 Å². The fourth-order valence-corrected chi connectivity index (χ4v) is 3.59. The van der Waals surface area contributed by atoms with Gasteiger partial charge in [0.1, 0.15) is 6.61 Å². The Balaban J connectivity index is 1.51. The Morgan fingerprint density at radius 1 is 0.931 bits per heavy atom. The molecule has 3 rings (SSSR count). The molecular weight excluding hydrogens is 362 g/mol. The van der Waals surface area contributed by atoms with Crippen molar-refractivity contribution in [3.05, 3.63) is 83.4 Å². The van der Waals surface area contributed by atoms with E-state index in [1.165, 1.54) is 11.6 Å². The predicted molar refractivity (Wildman–Crippen MR) is 116 cm³/mol. The number of amides is 1. The zero-order valence-electron chi connectivity index (χ0n) is 16.5. The van der Waals surface area contributed by atoms with E-state index in [2.05, 4.69) is 24.3 Å². The maximum atomic E-state index is 12.5. The number of carbonyl (C=O) groups is 2. The lowest BCUT2D eigenvalue weighted by atomic mass is 9.90. The molecule has 1 fully saturated rings. The van der Waals surface area contributed by atoms with Crippen LogP contribution in [-0.4, -0.2) is 41.4 Å². The second-order valence-corrected chi connectivity index (χ2v) is 7.42. The summed E-state index contributed by atoms with van der Waals surface area (Å²) in [5.74, 6) is 0.340. The Morgan fingerprint density at radius 2 is 1.59 bits per heavy atom. The van der Waals surface area contributed by atoms with Crippen LogP contribution in [0.3, 0.4) is 0 Å². The summed E-state index contributed by atoms with van der Waals surface area (Å²) in [6.07, 6.45) is 9.60. The van der Waals surface area contributed by atoms with Crippen molar-refractivity contribution in [3.63, 3.8) is 0 Å². The fraction of sp³-hybridized carbons (Fsp3) is 0.280. The summed E-state index contributed by atoms with van der Waals surface area (Å²) in [5, 5.41) is 8.77. The highest BCUT2D eigenvalue weighted by atomic mass is 16.3. The summed E-state index contributed by atoms with van der Waals surface area (Å²) in [6.45, 7) is 1.10. The topological polar surface area (TPSA) is 57.6 Å². The van der Waals surface area contributed by atoms with Gasteiger partial charge < -0.3 is 10.0 Å². The molecule has 1 amide bonds. The van der Waals surface area contributed by atoms with Gasteiger partial charge in [-0.3, -0.25) is 9.59 Å². The summed E-state index contributed by atoms with van der Waals surface area (Å²) in [5.41, 5.74) is 3.12. The highest BCUT2D eigenvalue weighted by molar-refractivity contribution is 5.94. The van der Waals surface area contributed by atoms with Crippen LogP contribution >= 0.6 is 0 Å². The number of hydrogen-bond acceptors (Lipinski definition) is 3. The van der Waals surface area contributed by atoms with Crippen LogP contribution in [0.25, 0.3) is 12.2 Å². The number of carbonyl (C=O) groups excluding carboxylic acids is 2. The molecule has 29 heavy (non-hydrogen) atoms. The average Bonchev–Trinajstić information content (AvgIpc) is 2.77. The molecule has 1 N–H and O–H groups in total. The molecule has 2 aromatic carbocycles. The van der Waals surface area contributed by atoms with Crippen molar-refractivity contribution >= 4 is 23.8 Å². The van der Waals surface area contributed by atoms with Gasteiger partial charge in [0.2, 0.25) is 5.91 Å². The van der Waals surface area contributed by atoms with Gasteiger partial charge in [0.05, 0.1) is 0 Å². The lowest BCUT2D eigenvalue weighted by Gasteiger charge is -2.31. The van der Waals surface area contributed by atoms with Crippen molar-refractivity contribution in [1.29, 1.82) is 0 Å². The molecule has 0 spiro atoms. The van der Waals surface area contributed by atoms with Gasteiger partial charge in [0.15, 0.2) is 5.78 Å². The molecule has 0 unspecified atom stereocenters. The van der Waals surface area contributed by atoms with Crippen LogP contribution in [0.5, 0.6) is 0 Å². The molecule has 1 aliphatic rings. The summed E-state index contributed by atoms with van der Waals surface area (Å²) < 4.78 is 0. The van der Waals surface area contributed by atoms with Crippen LogP contribution in [0.15, 0.2) is 66.7 Å². The SMILES string of the molecule is O=C(/C=C/c1cccc(/C=C/C(=O)N2CCC(Cc3ccccc3)CC2)c1)CO.